The molecule has 1 aromatic carbocycles. The summed E-state index contributed by atoms with van der Waals surface area (Å²) in [4.78, 5) is 4.37. The Labute approximate surface area is 193 Å². The van der Waals surface area contributed by atoms with Crippen LogP contribution in [0.3, 0.4) is 0 Å². The number of guanidine groups is 1. The highest BCUT2D eigenvalue weighted by molar-refractivity contribution is 14.0. The smallest absolute Gasteiger partial charge is 0.213 e. The maximum absolute atomic E-state index is 12.0. The summed E-state index contributed by atoms with van der Waals surface area (Å²) in [5.41, 5.74) is 2.76. The molecule has 0 aromatic heterocycles. The van der Waals surface area contributed by atoms with Gasteiger partial charge in [0.2, 0.25) is 10.0 Å². The van der Waals surface area contributed by atoms with Crippen molar-refractivity contribution in [3.63, 3.8) is 0 Å². The van der Waals surface area contributed by atoms with Crippen LogP contribution in [0.25, 0.3) is 0 Å². The van der Waals surface area contributed by atoms with E-state index in [2.05, 4.69) is 53.7 Å². The summed E-state index contributed by atoms with van der Waals surface area (Å²) in [6.45, 7) is 7.30. The fraction of sp³-hybridized carbons (Fsp3) is 0.667. The lowest BCUT2D eigenvalue weighted by Crippen LogP contribution is -2.50. The Morgan fingerprint density at radius 2 is 1.79 bits per heavy atom. The number of nitrogens with zero attached hydrogens (tertiary/aromatic N) is 2. The number of halogens is 1. The maximum atomic E-state index is 12.0. The molecule has 2 fully saturated rings. The molecular formula is C21H35IN4O2S. The first-order valence-corrected chi connectivity index (χ1v) is 12.0. The van der Waals surface area contributed by atoms with Crippen LogP contribution in [0, 0.1) is 0 Å². The molecule has 1 aliphatic carbocycles. The van der Waals surface area contributed by atoms with Crippen molar-refractivity contribution >= 4 is 40.0 Å². The Balaban J connectivity index is 0.00000300. The van der Waals surface area contributed by atoms with Crippen molar-refractivity contribution in [2.24, 2.45) is 4.99 Å². The third-order valence-electron chi connectivity index (χ3n) is 5.92. The van der Waals surface area contributed by atoms with Gasteiger partial charge in [-0.25, -0.2) is 12.7 Å². The minimum atomic E-state index is -3.07. The van der Waals surface area contributed by atoms with Gasteiger partial charge in [0.1, 0.15) is 0 Å². The van der Waals surface area contributed by atoms with Gasteiger partial charge in [-0.2, -0.15) is 0 Å². The molecule has 8 heteroatoms. The van der Waals surface area contributed by atoms with E-state index in [1.165, 1.54) is 11.1 Å². The molecule has 1 aromatic rings. The number of benzene rings is 1. The average molecular weight is 535 g/mol. The molecule has 3 rings (SSSR count). The fourth-order valence-electron chi connectivity index (χ4n) is 3.85. The summed E-state index contributed by atoms with van der Waals surface area (Å²) in [5.74, 6) is 2.10. The van der Waals surface area contributed by atoms with Crippen LogP contribution in [0.2, 0.25) is 0 Å². The zero-order valence-corrected chi connectivity index (χ0v) is 21.0. The van der Waals surface area contributed by atoms with E-state index in [9.17, 15) is 8.42 Å². The number of hydrogen-bond donors (Lipinski definition) is 2. The van der Waals surface area contributed by atoms with Crippen molar-refractivity contribution in [2.75, 3.05) is 25.9 Å². The quantitative estimate of drug-likeness (QED) is 0.334. The number of rotatable bonds is 6. The molecule has 1 saturated heterocycles. The van der Waals surface area contributed by atoms with Crippen molar-refractivity contribution in [1.82, 2.24) is 14.9 Å². The Bertz CT molecular complexity index is 787. The molecule has 0 radical (unpaired) electrons. The van der Waals surface area contributed by atoms with Crippen LogP contribution in [0.5, 0.6) is 0 Å². The molecule has 6 nitrogen and oxygen atoms in total. The van der Waals surface area contributed by atoms with Crippen LogP contribution in [0.1, 0.15) is 63.0 Å². The van der Waals surface area contributed by atoms with Gasteiger partial charge in [-0.3, -0.25) is 4.99 Å². The standard InChI is InChI=1S/C21H34N4O2S.HI/c1-5-28(26,27)25-12-10-18(11-13-25)23-21(22-4)24-20-14-19(20)17-8-6-16(7-9-17)15(2)3;/h6-9,15,18-20H,5,10-14H2,1-4H3,(H2,22,23,24);1H. The van der Waals surface area contributed by atoms with Crippen molar-refractivity contribution < 1.29 is 8.42 Å². The highest BCUT2D eigenvalue weighted by Gasteiger charge is 2.39. The van der Waals surface area contributed by atoms with E-state index in [1.807, 2.05) is 0 Å². The van der Waals surface area contributed by atoms with E-state index in [-0.39, 0.29) is 35.8 Å². The molecule has 29 heavy (non-hydrogen) atoms. The van der Waals surface area contributed by atoms with Crippen LogP contribution >= 0.6 is 24.0 Å². The second-order valence-corrected chi connectivity index (χ2v) is 10.5. The van der Waals surface area contributed by atoms with Gasteiger partial charge < -0.3 is 10.6 Å². The fourth-order valence-corrected chi connectivity index (χ4v) is 4.98. The van der Waals surface area contributed by atoms with Crippen LogP contribution in [0.15, 0.2) is 29.3 Å². The third kappa shape index (κ3) is 6.30. The van der Waals surface area contributed by atoms with Gasteiger partial charge in [0.25, 0.3) is 0 Å². The highest BCUT2D eigenvalue weighted by Crippen LogP contribution is 2.41. The lowest BCUT2D eigenvalue weighted by atomic mass is 10.0. The summed E-state index contributed by atoms with van der Waals surface area (Å²) in [5, 5.41) is 7.01. The molecule has 2 unspecified atom stereocenters. The summed E-state index contributed by atoms with van der Waals surface area (Å²) >= 11 is 0. The number of aliphatic imine (C=N–C) groups is 1. The second kappa shape index (κ2) is 10.4. The normalized spacial score (nSPS) is 23.6. The SMILES string of the molecule is CCS(=O)(=O)N1CCC(NC(=NC)NC2CC2c2ccc(C(C)C)cc2)CC1.I. The number of hydrogen-bond acceptors (Lipinski definition) is 3. The van der Waals surface area contributed by atoms with Gasteiger partial charge in [-0.1, -0.05) is 38.1 Å². The molecule has 0 spiro atoms. The Hall–Kier alpha value is -0.870. The van der Waals surface area contributed by atoms with Crippen LogP contribution in [-0.4, -0.2) is 56.7 Å². The first kappa shape index (κ1) is 24.4. The largest absolute Gasteiger partial charge is 0.354 e. The van der Waals surface area contributed by atoms with Gasteiger partial charge in [-0.15, -0.1) is 24.0 Å². The van der Waals surface area contributed by atoms with E-state index in [0.717, 1.165) is 25.2 Å². The van der Waals surface area contributed by atoms with Crippen molar-refractivity contribution in [2.45, 2.75) is 64.0 Å². The zero-order valence-electron chi connectivity index (χ0n) is 17.9. The third-order valence-corrected chi connectivity index (χ3v) is 7.80. The molecule has 1 aliphatic heterocycles. The minimum absolute atomic E-state index is 0. The molecule has 2 N–H and O–H groups in total. The first-order valence-electron chi connectivity index (χ1n) is 10.4. The van der Waals surface area contributed by atoms with Crippen LogP contribution < -0.4 is 10.6 Å². The zero-order chi connectivity index (χ0) is 20.3. The summed E-state index contributed by atoms with van der Waals surface area (Å²) in [7, 11) is -1.28. The molecule has 1 heterocycles. The molecule has 2 aliphatic rings. The predicted octanol–water partition coefficient (Wildman–Crippen LogP) is 3.26. The van der Waals surface area contributed by atoms with E-state index in [4.69, 9.17) is 0 Å². The van der Waals surface area contributed by atoms with Gasteiger partial charge in [-0.05, 0) is 43.2 Å². The number of piperidine rings is 1. The number of sulfonamides is 1. The molecule has 0 amide bonds. The maximum Gasteiger partial charge on any atom is 0.213 e. The molecule has 1 saturated carbocycles. The van der Waals surface area contributed by atoms with Crippen LogP contribution in [-0.2, 0) is 10.0 Å². The van der Waals surface area contributed by atoms with Gasteiger partial charge in [0.05, 0.1) is 5.75 Å². The molecule has 0 bridgehead atoms. The van der Waals surface area contributed by atoms with Crippen molar-refractivity contribution in [3.05, 3.63) is 35.4 Å². The van der Waals surface area contributed by atoms with Gasteiger partial charge in [0, 0.05) is 38.1 Å². The second-order valence-electron chi connectivity index (χ2n) is 8.20. The van der Waals surface area contributed by atoms with E-state index < -0.39 is 10.0 Å². The van der Waals surface area contributed by atoms with E-state index in [1.54, 1.807) is 18.3 Å². The Kier molecular flexibility index (Phi) is 8.78. The van der Waals surface area contributed by atoms with Gasteiger partial charge in [0.15, 0.2) is 5.96 Å². The molecule has 164 valence electrons. The van der Waals surface area contributed by atoms with Crippen molar-refractivity contribution in [1.29, 1.82) is 0 Å². The summed E-state index contributed by atoms with van der Waals surface area (Å²) < 4.78 is 25.6. The molecule has 2 atom stereocenters. The highest BCUT2D eigenvalue weighted by atomic mass is 127. The lowest BCUT2D eigenvalue weighted by molar-refractivity contribution is 0.306. The molecular weight excluding hydrogens is 499 g/mol. The Morgan fingerprint density at radius 1 is 1.17 bits per heavy atom. The van der Waals surface area contributed by atoms with E-state index in [0.29, 0.717) is 31.0 Å². The average Bonchev–Trinajstić information content (AvgIpc) is 3.47. The number of nitrogens with one attached hydrogen (secondary N) is 2. The predicted molar refractivity (Wildman–Crippen MR) is 131 cm³/mol. The van der Waals surface area contributed by atoms with Gasteiger partial charge >= 0.3 is 0 Å². The Morgan fingerprint density at radius 3 is 2.31 bits per heavy atom. The monoisotopic (exact) mass is 534 g/mol. The first-order chi connectivity index (χ1) is 13.3. The summed E-state index contributed by atoms with van der Waals surface area (Å²) in [6.07, 6.45) is 2.74. The van der Waals surface area contributed by atoms with E-state index >= 15 is 0 Å². The lowest BCUT2D eigenvalue weighted by Gasteiger charge is -2.32. The van der Waals surface area contributed by atoms with Crippen molar-refractivity contribution in [3.8, 4) is 0 Å². The summed E-state index contributed by atoms with van der Waals surface area (Å²) in [6, 6.07) is 9.65. The topological polar surface area (TPSA) is 73.8 Å². The minimum Gasteiger partial charge on any atom is -0.354 e. The van der Waals surface area contributed by atoms with Crippen LogP contribution in [0.4, 0.5) is 0 Å².